The van der Waals surface area contributed by atoms with Gasteiger partial charge >= 0.3 is 6.01 Å². The summed E-state index contributed by atoms with van der Waals surface area (Å²) in [7, 11) is 0. The van der Waals surface area contributed by atoms with E-state index in [4.69, 9.17) is 4.52 Å². The first-order valence-corrected chi connectivity index (χ1v) is 11.2. The summed E-state index contributed by atoms with van der Waals surface area (Å²) >= 11 is 0. The SMILES string of the molecule is Cc1nc(NCC[C@@H](C)C2CCN(c3nc(C(C)C)no3)CC2)ccc1-n1cncn1. The van der Waals surface area contributed by atoms with Gasteiger partial charge in [0.2, 0.25) is 0 Å². The van der Waals surface area contributed by atoms with Crippen LogP contribution in [0.5, 0.6) is 0 Å². The summed E-state index contributed by atoms with van der Waals surface area (Å²) in [6.45, 7) is 11.4. The summed E-state index contributed by atoms with van der Waals surface area (Å²) in [6, 6.07) is 4.70. The summed E-state index contributed by atoms with van der Waals surface area (Å²) in [5.41, 5.74) is 1.88. The first kappa shape index (κ1) is 21.3. The number of anilines is 2. The molecule has 31 heavy (non-hydrogen) atoms. The fourth-order valence-electron chi connectivity index (χ4n) is 4.14. The molecule has 0 spiro atoms. The normalized spacial score (nSPS) is 16.1. The maximum absolute atomic E-state index is 5.46. The maximum atomic E-state index is 5.46. The van der Waals surface area contributed by atoms with Crippen molar-refractivity contribution < 1.29 is 4.52 Å². The summed E-state index contributed by atoms with van der Waals surface area (Å²) in [6.07, 6.45) is 6.65. The average Bonchev–Trinajstić information content (AvgIpc) is 3.46. The molecule has 1 N–H and O–H groups in total. The Balaban J connectivity index is 1.22. The second-order valence-electron chi connectivity index (χ2n) is 8.75. The van der Waals surface area contributed by atoms with Gasteiger partial charge in [-0.1, -0.05) is 25.9 Å². The maximum Gasteiger partial charge on any atom is 0.324 e. The van der Waals surface area contributed by atoms with Crippen LogP contribution in [0, 0.1) is 18.8 Å². The Morgan fingerprint density at radius 1 is 1.16 bits per heavy atom. The first-order chi connectivity index (χ1) is 15.0. The van der Waals surface area contributed by atoms with Crippen molar-refractivity contribution in [3.05, 3.63) is 36.3 Å². The van der Waals surface area contributed by atoms with Gasteiger partial charge in [-0.05, 0) is 50.2 Å². The summed E-state index contributed by atoms with van der Waals surface area (Å²) < 4.78 is 7.19. The summed E-state index contributed by atoms with van der Waals surface area (Å²) in [5, 5.41) is 11.7. The number of hydrogen-bond donors (Lipinski definition) is 1. The molecule has 1 atom stereocenters. The van der Waals surface area contributed by atoms with Gasteiger partial charge in [0.15, 0.2) is 5.82 Å². The molecule has 1 aliphatic rings. The van der Waals surface area contributed by atoms with Crippen LogP contribution in [-0.4, -0.2) is 49.5 Å². The molecule has 0 amide bonds. The van der Waals surface area contributed by atoms with Crippen molar-refractivity contribution >= 4 is 11.8 Å². The van der Waals surface area contributed by atoms with E-state index < -0.39 is 0 Å². The van der Waals surface area contributed by atoms with Gasteiger partial charge in [0, 0.05) is 25.6 Å². The minimum absolute atomic E-state index is 0.291. The quantitative estimate of drug-likeness (QED) is 0.583. The minimum atomic E-state index is 0.291. The lowest BCUT2D eigenvalue weighted by molar-refractivity contribution is 0.275. The molecule has 4 rings (SSSR count). The van der Waals surface area contributed by atoms with E-state index in [1.165, 1.54) is 6.33 Å². The van der Waals surface area contributed by atoms with Crippen LogP contribution < -0.4 is 10.2 Å². The van der Waals surface area contributed by atoms with Crippen LogP contribution in [0.25, 0.3) is 5.69 Å². The number of aryl methyl sites for hydroxylation is 1. The van der Waals surface area contributed by atoms with Gasteiger partial charge in [0.25, 0.3) is 0 Å². The summed E-state index contributed by atoms with van der Waals surface area (Å²) in [5.74, 6) is 3.35. The smallest absolute Gasteiger partial charge is 0.324 e. The van der Waals surface area contributed by atoms with Crippen LogP contribution in [0.2, 0.25) is 0 Å². The molecular weight excluding hydrogens is 392 g/mol. The van der Waals surface area contributed by atoms with Crippen LogP contribution in [0.3, 0.4) is 0 Å². The molecule has 3 aromatic heterocycles. The highest BCUT2D eigenvalue weighted by Gasteiger charge is 2.26. The second kappa shape index (κ2) is 9.45. The lowest BCUT2D eigenvalue weighted by Gasteiger charge is -2.33. The highest BCUT2D eigenvalue weighted by molar-refractivity contribution is 5.44. The predicted molar refractivity (Wildman–Crippen MR) is 119 cm³/mol. The van der Waals surface area contributed by atoms with Crippen LogP contribution in [-0.2, 0) is 0 Å². The molecule has 0 saturated carbocycles. The predicted octanol–water partition coefficient (Wildman–Crippen LogP) is 3.83. The van der Waals surface area contributed by atoms with Gasteiger partial charge in [-0.15, -0.1) is 0 Å². The largest absolute Gasteiger partial charge is 0.370 e. The third-order valence-corrected chi connectivity index (χ3v) is 6.19. The molecule has 1 aliphatic heterocycles. The van der Waals surface area contributed by atoms with Crippen molar-refractivity contribution in [1.82, 2.24) is 29.9 Å². The van der Waals surface area contributed by atoms with Crippen molar-refractivity contribution in [3.8, 4) is 5.69 Å². The molecule has 9 heteroatoms. The van der Waals surface area contributed by atoms with E-state index in [2.05, 4.69) is 56.2 Å². The zero-order chi connectivity index (χ0) is 21.8. The van der Waals surface area contributed by atoms with Crippen molar-refractivity contribution in [1.29, 1.82) is 0 Å². The Hall–Kier alpha value is -2.97. The highest BCUT2D eigenvalue weighted by atomic mass is 16.5. The van der Waals surface area contributed by atoms with E-state index in [1.807, 2.05) is 19.1 Å². The lowest BCUT2D eigenvalue weighted by atomic mass is 9.83. The third kappa shape index (κ3) is 5.03. The molecule has 0 radical (unpaired) electrons. The average molecular weight is 425 g/mol. The van der Waals surface area contributed by atoms with E-state index in [-0.39, 0.29) is 0 Å². The van der Waals surface area contributed by atoms with E-state index in [0.29, 0.717) is 17.9 Å². The minimum Gasteiger partial charge on any atom is -0.370 e. The number of pyridine rings is 1. The molecule has 4 heterocycles. The Morgan fingerprint density at radius 2 is 1.97 bits per heavy atom. The van der Waals surface area contributed by atoms with Crippen molar-refractivity contribution in [2.75, 3.05) is 29.9 Å². The second-order valence-corrected chi connectivity index (χ2v) is 8.75. The standard InChI is InChI=1S/C22H32N8O/c1-15(2)21-27-22(31-28-21)29-11-8-18(9-12-29)16(3)7-10-24-20-6-5-19(17(4)26-20)30-14-23-13-25-30/h5-6,13-16,18H,7-12H2,1-4H3,(H,24,26)/t16-/m1/s1. The molecule has 0 bridgehead atoms. The molecule has 0 unspecified atom stereocenters. The number of nitrogens with zero attached hydrogens (tertiary/aromatic N) is 7. The van der Waals surface area contributed by atoms with E-state index in [1.54, 1.807) is 11.0 Å². The van der Waals surface area contributed by atoms with Crippen LogP contribution in [0.1, 0.15) is 57.5 Å². The van der Waals surface area contributed by atoms with Crippen LogP contribution >= 0.6 is 0 Å². The molecule has 1 fully saturated rings. The number of nitrogens with one attached hydrogen (secondary N) is 1. The topological polar surface area (TPSA) is 97.8 Å². The number of hydrogen-bond acceptors (Lipinski definition) is 8. The van der Waals surface area contributed by atoms with Gasteiger partial charge in [-0.25, -0.2) is 14.6 Å². The van der Waals surface area contributed by atoms with Crippen molar-refractivity contribution in [2.24, 2.45) is 11.8 Å². The number of aromatic nitrogens is 6. The van der Waals surface area contributed by atoms with Crippen molar-refractivity contribution in [2.45, 2.75) is 52.9 Å². The van der Waals surface area contributed by atoms with Crippen LogP contribution in [0.4, 0.5) is 11.8 Å². The van der Waals surface area contributed by atoms with E-state index >= 15 is 0 Å². The van der Waals surface area contributed by atoms with Gasteiger partial charge in [0.05, 0.1) is 11.4 Å². The summed E-state index contributed by atoms with van der Waals surface area (Å²) in [4.78, 5) is 15.4. The molecule has 3 aromatic rings. The van der Waals surface area contributed by atoms with Crippen molar-refractivity contribution in [3.63, 3.8) is 0 Å². The Labute approximate surface area is 183 Å². The molecule has 1 saturated heterocycles. The Bertz CT molecular complexity index is 960. The Morgan fingerprint density at radius 3 is 2.61 bits per heavy atom. The fourth-order valence-corrected chi connectivity index (χ4v) is 4.14. The van der Waals surface area contributed by atoms with E-state index in [9.17, 15) is 0 Å². The van der Waals surface area contributed by atoms with Gasteiger partial charge < -0.3 is 14.7 Å². The molecule has 0 aliphatic carbocycles. The van der Waals surface area contributed by atoms with Gasteiger partial charge in [-0.3, -0.25) is 0 Å². The molecular formula is C22H32N8O. The number of rotatable bonds is 8. The molecule has 166 valence electrons. The van der Waals surface area contributed by atoms with E-state index in [0.717, 1.165) is 67.8 Å². The zero-order valence-electron chi connectivity index (χ0n) is 18.8. The first-order valence-electron chi connectivity index (χ1n) is 11.2. The van der Waals surface area contributed by atoms with Gasteiger partial charge in [0.1, 0.15) is 18.5 Å². The highest BCUT2D eigenvalue weighted by Crippen LogP contribution is 2.29. The monoisotopic (exact) mass is 424 g/mol. The van der Waals surface area contributed by atoms with Gasteiger partial charge in [-0.2, -0.15) is 10.1 Å². The number of piperidine rings is 1. The Kier molecular flexibility index (Phi) is 6.48. The lowest BCUT2D eigenvalue weighted by Crippen LogP contribution is -2.36. The third-order valence-electron chi connectivity index (χ3n) is 6.19. The molecule has 9 nitrogen and oxygen atoms in total. The zero-order valence-corrected chi connectivity index (χ0v) is 18.8. The molecule has 0 aromatic carbocycles. The fraction of sp³-hybridized carbons (Fsp3) is 0.591. The van der Waals surface area contributed by atoms with Crippen LogP contribution in [0.15, 0.2) is 29.3 Å².